The molecule has 0 atom stereocenters. The lowest BCUT2D eigenvalue weighted by molar-refractivity contribution is 0.0958. The van der Waals surface area contributed by atoms with Gasteiger partial charge in [0.1, 0.15) is 4.88 Å². The second-order valence-electron chi connectivity index (χ2n) is 5.01. The van der Waals surface area contributed by atoms with E-state index in [1.54, 1.807) is 11.8 Å². The van der Waals surface area contributed by atoms with Gasteiger partial charge in [0.25, 0.3) is 5.91 Å². The minimum atomic E-state index is -0.0825. The van der Waals surface area contributed by atoms with E-state index in [9.17, 15) is 4.79 Å². The molecular formula is C18H16ClNOS2. The van der Waals surface area contributed by atoms with E-state index in [1.165, 1.54) is 16.2 Å². The Morgan fingerprint density at radius 3 is 2.61 bits per heavy atom. The maximum absolute atomic E-state index is 12.3. The molecule has 0 bridgehead atoms. The van der Waals surface area contributed by atoms with Gasteiger partial charge in [0.15, 0.2) is 0 Å². The molecule has 3 aromatic rings. The van der Waals surface area contributed by atoms with Crippen molar-refractivity contribution in [1.82, 2.24) is 5.32 Å². The van der Waals surface area contributed by atoms with Crippen LogP contribution in [0.15, 0.2) is 59.5 Å². The van der Waals surface area contributed by atoms with Crippen molar-refractivity contribution in [2.24, 2.45) is 0 Å². The van der Waals surface area contributed by atoms with E-state index in [-0.39, 0.29) is 5.91 Å². The third-order valence-corrected chi connectivity index (χ3v) is 6.13. The molecule has 0 fully saturated rings. The molecule has 1 N–H and O–H groups in total. The van der Waals surface area contributed by atoms with Crippen molar-refractivity contribution in [3.8, 4) is 0 Å². The summed E-state index contributed by atoms with van der Waals surface area (Å²) in [5.41, 5.74) is 0. The molecule has 2 aromatic carbocycles. The number of hydrogen-bond donors (Lipinski definition) is 1. The van der Waals surface area contributed by atoms with Crippen LogP contribution in [0.4, 0.5) is 0 Å². The van der Waals surface area contributed by atoms with Crippen LogP contribution in [-0.4, -0.2) is 18.2 Å². The molecule has 0 saturated heterocycles. The maximum atomic E-state index is 12.3. The zero-order valence-electron chi connectivity index (χ0n) is 12.4. The van der Waals surface area contributed by atoms with Gasteiger partial charge >= 0.3 is 0 Å². The van der Waals surface area contributed by atoms with Gasteiger partial charge in [-0.2, -0.15) is 0 Å². The van der Waals surface area contributed by atoms with E-state index >= 15 is 0 Å². The molecular weight excluding hydrogens is 346 g/mol. The first-order valence-electron chi connectivity index (χ1n) is 7.39. The molecule has 2 nitrogen and oxygen atoms in total. The minimum absolute atomic E-state index is 0.0825. The van der Waals surface area contributed by atoms with Gasteiger partial charge in [-0.05, 0) is 30.4 Å². The Balaban J connectivity index is 1.50. The van der Waals surface area contributed by atoms with E-state index in [1.807, 2.05) is 42.5 Å². The molecule has 1 heterocycles. The van der Waals surface area contributed by atoms with Crippen LogP contribution >= 0.6 is 34.7 Å². The van der Waals surface area contributed by atoms with Gasteiger partial charge in [-0.1, -0.05) is 48.0 Å². The Kier molecular flexibility index (Phi) is 5.60. The van der Waals surface area contributed by atoms with Crippen LogP contribution < -0.4 is 5.32 Å². The fourth-order valence-corrected chi connectivity index (χ4v) is 4.53. The minimum Gasteiger partial charge on any atom is -0.351 e. The van der Waals surface area contributed by atoms with Crippen molar-refractivity contribution in [2.75, 3.05) is 12.3 Å². The lowest BCUT2D eigenvalue weighted by Gasteiger charge is -2.04. The van der Waals surface area contributed by atoms with Crippen LogP contribution in [0, 0.1) is 0 Å². The lowest BCUT2D eigenvalue weighted by Crippen LogP contribution is -2.24. The second kappa shape index (κ2) is 7.86. The molecule has 0 spiro atoms. The monoisotopic (exact) mass is 361 g/mol. The molecule has 1 amide bonds. The average Bonchev–Trinajstić information content (AvgIpc) is 2.93. The van der Waals surface area contributed by atoms with Gasteiger partial charge < -0.3 is 5.32 Å². The largest absolute Gasteiger partial charge is 0.351 e. The molecule has 0 aliphatic carbocycles. The lowest BCUT2D eigenvalue weighted by atomic mass is 10.2. The van der Waals surface area contributed by atoms with Crippen LogP contribution in [0.5, 0.6) is 0 Å². The van der Waals surface area contributed by atoms with Crippen LogP contribution in [-0.2, 0) is 0 Å². The van der Waals surface area contributed by atoms with Gasteiger partial charge in [0, 0.05) is 21.5 Å². The summed E-state index contributed by atoms with van der Waals surface area (Å²) >= 11 is 9.56. The quantitative estimate of drug-likeness (QED) is 0.466. The summed E-state index contributed by atoms with van der Waals surface area (Å²) in [6.07, 6.45) is 0.924. The van der Waals surface area contributed by atoms with E-state index in [2.05, 4.69) is 17.4 Å². The normalized spacial score (nSPS) is 10.8. The zero-order chi connectivity index (χ0) is 16.1. The standard InChI is InChI=1S/C18H16ClNOS2/c19-16-14-9-4-5-10-15(14)23-17(16)18(21)20-11-6-12-22-13-7-2-1-3-8-13/h1-5,7-10H,6,11-12H2,(H,20,21). The number of rotatable bonds is 6. The SMILES string of the molecule is O=C(NCCCSc1ccccc1)c1sc2ccccc2c1Cl. The Morgan fingerprint density at radius 2 is 1.83 bits per heavy atom. The number of fused-ring (bicyclic) bond motifs is 1. The third kappa shape index (κ3) is 4.08. The van der Waals surface area contributed by atoms with Gasteiger partial charge in [0.2, 0.25) is 0 Å². The predicted octanol–water partition coefficient (Wildman–Crippen LogP) is 5.47. The third-order valence-electron chi connectivity index (χ3n) is 3.36. The highest BCUT2D eigenvalue weighted by atomic mass is 35.5. The number of hydrogen-bond acceptors (Lipinski definition) is 3. The van der Waals surface area contributed by atoms with Crippen molar-refractivity contribution in [1.29, 1.82) is 0 Å². The van der Waals surface area contributed by atoms with Crippen molar-refractivity contribution < 1.29 is 4.79 Å². The smallest absolute Gasteiger partial charge is 0.262 e. The number of thioether (sulfide) groups is 1. The molecule has 118 valence electrons. The molecule has 0 saturated carbocycles. The molecule has 0 unspecified atom stereocenters. The molecule has 0 radical (unpaired) electrons. The topological polar surface area (TPSA) is 29.1 Å². The molecule has 3 rings (SSSR count). The summed E-state index contributed by atoms with van der Waals surface area (Å²) in [6, 6.07) is 18.1. The number of amides is 1. The van der Waals surface area contributed by atoms with E-state index in [0.29, 0.717) is 16.4 Å². The highest BCUT2D eigenvalue weighted by molar-refractivity contribution is 7.99. The van der Waals surface area contributed by atoms with Crippen LogP contribution in [0.3, 0.4) is 0 Å². The first-order valence-corrected chi connectivity index (χ1v) is 9.57. The molecule has 5 heteroatoms. The van der Waals surface area contributed by atoms with Crippen LogP contribution in [0.25, 0.3) is 10.1 Å². The highest BCUT2D eigenvalue weighted by Gasteiger charge is 2.16. The van der Waals surface area contributed by atoms with Crippen LogP contribution in [0.1, 0.15) is 16.1 Å². The van der Waals surface area contributed by atoms with Gasteiger partial charge in [-0.3, -0.25) is 4.79 Å². The predicted molar refractivity (Wildman–Crippen MR) is 101 cm³/mol. The summed E-state index contributed by atoms with van der Waals surface area (Å²) in [6.45, 7) is 0.656. The van der Waals surface area contributed by atoms with Crippen molar-refractivity contribution >= 4 is 50.7 Å². The van der Waals surface area contributed by atoms with Crippen molar-refractivity contribution in [3.63, 3.8) is 0 Å². The first-order chi connectivity index (χ1) is 11.3. The number of halogens is 1. The van der Waals surface area contributed by atoms with E-state index in [4.69, 9.17) is 11.6 Å². The zero-order valence-corrected chi connectivity index (χ0v) is 14.8. The maximum Gasteiger partial charge on any atom is 0.262 e. The summed E-state index contributed by atoms with van der Waals surface area (Å²) in [7, 11) is 0. The average molecular weight is 362 g/mol. The van der Waals surface area contributed by atoms with Gasteiger partial charge in [-0.15, -0.1) is 23.1 Å². The summed E-state index contributed by atoms with van der Waals surface area (Å²) in [5, 5.41) is 4.47. The van der Waals surface area contributed by atoms with Crippen molar-refractivity contribution in [3.05, 3.63) is 64.5 Å². The first kappa shape index (κ1) is 16.4. The number of carbonyl (C=O) groups excluding carboxylic acids is 1. The summed E-state index contributed by atoms with van der Waals surface area (Å²) in [4.78, 5) is 14.1. The number of benzene rings is 2. The van der Waals surface area contributed by atoms with E-state index < -0.39 is 0 Å². The Bertz CT molecular complexity index is 801. The molecule has 23 heavy (non-hydrogen) atoms. The highest BCUT2D eigenvalue weighted by Crippen LogP contribution is 2.34. The number of nitrogens with one attached hydrogen (secondary N) is 1. The number of thiophene rings is 1. The Morgan fingerprint density at radius 1 is 1.09 bits per heavy atom. The van der Waals surface area contributed by atoms with Gasteiger partial charge in [0.05, 0.1) is 5.02 Å². The Labute approximate surface area is 148 Å². The number of carbonyl (C=O) groups is 1. The van der Waals surface area contributed by atoms with Crippen LogP contribution in [0.2, 0.25) is 5.02 Å². The molecule has 1 aromatic heterocycles. The summed E-state index contributed by atoms with van der Waals surface area (Å²) in [5.74, 6) is 0.894. The Hall–Kier alpha value is -1.49. The summed E-state index contributed by atoms with van der Waals surface area (Å²) < 4.78 is 1.04. The molecule has 0 aliphatic heterocycles. The van der Waals surface area contributed by atoms with Gasteiger partial charge in [-0.25, -0.2) is 0 Å². The van der Waals surface area contributed by atoms with E-state index in [0.717, 1.165) is 22.3 Å². The van der Waals surface area contributed by atoms with Crippen molar-refractivity contribution in [2.45, 2.75) is 11.3 Å². The fraction of sp³-hybridized carbons (Fsp3) is 0.167. The molecule has 0 aliphatic rings. The fourth-order valence-electron chi connectivity index (χ4n) is 2.22. The second-order valence-corrected chi connectivity index (χ2v) is 7.61.